The summed E-state index contributed by atoms with van der Waals surface area (Å²) in [6, 6.07) is 0.606. The van der Waals surface area contributed by atoms with Crippen LogP contribution < -0.4 is 5.32 Å². The summed E-state index contributed by atoms with van der Waals surface area (Å²) in [6.07, 6.45) is 7.40. The fourth-order valence-corrected chi connectivity index (χ4v) is 5.86. The molecule has 1 fully saturated rings. The van der Waals surface area contributed by atoms with Crippen LogP contribution in [-0.2, 0) is 13.5 Å². The van der Waals surface area contributed by atoms with Gasteiger partial charge in [0.15, 0.2) is 0 Å². The number of nitrogens with zero attached hydrogens (tertiary/aromatic N) is 2. The number of aromatic nitrogens is 2. The topological polar surface area (TPSA) is 29.9 Å². The fraction of sp³-hybridized carbons (Fsp3) is 0.812. The number of rotatable bonds is 7. The van der Waals surface area contributed by atoms with Gasteiger partial charge in [0.1, 0.15) is 5.82 Å². The van der Waals surface area contributed by atoms with Gasteiger partial charge in [-0.05, 0) is 19.4 Å². The lowest BCUT2D eigenvalue weighted by Crippen LogP contribution is -2.44. The number of hydrogen-bond donors (Lipinski definition) is 1. The van der Waals surface area contributed by atoms with E-state index in [9.17, 15) is 0 Å². The van der Waals surface area contributed by atoms with E-state index in [1.807, 2.05) is 12.4 Å². The Kier molecular flexibility index (Phi) is 6.96. The van der Waals surface area contributed by atoms with Crippen molar-refractivity contribution in [1.29, 1.82) is 0 Å². The standard InChI is InChI=1S/C16H29N3S2/c1-5-8-17-14(6-7-16-18-9-10-19(16)4)15-11-20-12(2)13(3)21-15/h9-10,12-15,17H,5-8,11H2,1-4H3. The Morgan fingerprint density at radius 2 is 2.24 bits per heavy atom. The minimum absolute atomic E-state index is 0.606. The van der Waals surface area contributed by atoms with Gasteiger partial charge in [0.05, 0.1) is 0 Å². The Morgan fingerprint density at radius 3 is 2.86 bits per heavy atom. The van der Waals surface area contributed by atoms with Crippen molar-refractivity contribution in [2.45, 2.75) is 61.8 Å². The maximum Gasteiger partial charge on any atom is 0.108 e. The molecule has 0 aromatic carbocycles. The molecule has 3 nitrogen and oxygen atoms in total. The highest BCUT2D eigenvalue weighted by atomic mass is 32.2. The van der Waals surface area contributed by atoms with Crippen molar-refractivity contribution >= 4 is 23.5 Å². The van der Waals surface area contributed by atoms with Gasteiger partial charge in [0.25, 0.3) is 0 Å². The van der Waals surface area contributed by atoms with Gasteiger partial charge in [0, 0.05) is 53.4 Å². The highest BCUT2D eigenvalue weighted by Gasteiger charge is 2.30. The SMILES string of the molecule is CCCNC(CCc1nccn1C)C1CSC(C)C(C)S1. The Morgan fingerprint density at radius 1 is 1.43 bits per heavy atom. The van der Waals surface area contributed by atoms with Crippen LogP contribution in [0.4, 0.5) is 0 Å². The van der Waals surface area contributed by atoms with Gasteiger partial charge in [-0.1, -0.05) is 20.8 Å². The highest BCUT2D eigenvalue weighted by molar-refractivity contribution is 8.07. The van der Waals surface area contributed by atoms with Crippen LogP contribution in [0.5, 0.6) is 0 Å². The van der Waals surface area contributed by atoms with E-state index < -0.39 is 0 Å². The van der Waals surface area contributed by atoms with Crippen molar-refractivity contribution in [3.8, 4) is 0 Å². The first kappa shape index (κ1) is 17.2. The summed E-state index contributed by atoms with van der Waals surface area (Å²) in [4.78, 5) is 4.46. The molecule has 1 aliphatic heterocycles. The fourth-order valence-electron chi connectivity index (χ4n) is 2.69. The third-order valence-corrected chi connectivity index (χ3v) is 7.83. The van der Waals surface area contributed by atoms with Crippen molar-refractivity contribution in [2.24, 2.45) is 7.05 Å². The molecule has 5 heteroatoms. The molecule has 1 aromatic heterocycles. The molecule has 120 valence electrons. The van der Waals surface area contributed by atoms with Crippen LogP contribution in [0.25, 0.3) is 0 Å². The lowest BCUT2D eigenvalue weighted by molar-refractivity contribution is 0.470. The van der Waals surface area contributed by atoms with E-state index in [1.54, 1.807) is 0 Å². The van der Waals surface area contributed by atoms with E-state index >= 15 is 0 Å². The van der Waals surface area contributed by atoms with Crippen LogP contribution in [0.1, 0.15) is 39.4 Å². The molecule has 21 heavy (non-hydrogen) atoms. The van der Waals surface area contributed by atoms with Gasteiger partial charge >= 0.3 is 0 Å². The summed E-state index contributed by atoms with van der Waals surface area (Å²) in [6.45, 7) is 8.11. The van der Waals surface area contributed by atoms with E-state index in [1.165, 1.54) is 24.4 Å². The summed E-state index contributed by atoms with van der Waals surface area (Å²) < 4.78 is 2.14. The zero-order valence-electron chi connectivity index (χ0n) is 13.7. The molecule has 1 saturated heterocycles. The zero-order valence-corrected chi connectivity index (χ0v) is 15.3. The van der Waals surface area contributed by atoms with E-state index in [0.717, 1.165) is 28.7 Å². The second-order valence-electron chi connectivity index (χ2n) is 5.97. The minimum atomic E-state index is 0.606. The molecule has 4 unspecified atom stereocenters. The average molecular weight is 328 g/mol. The van der Waals surface area contributed by atoms with Gasteiger partial charge in [-0.2, -0.15) is 23.5 Å². The smallest absolute Gasteiger partial charge is 0.108 e. The predicted octanol–water partition coefficient (Wildman–Crippen LogP) is 3.35. The molecule has 0 radical (unpaired) electrons. The van der Waals surface area contributed by atoms with E-state index in [2.05, 4.69) is 66.2 Å². The Labute approximate surface area is 138 Å². The molecule has 0 amide bonds. The average Bonchev–Trinajstić information content (AvgIpc) is 2.88. The van der Waals surface area contributed by atoms with Crippen molar-refractivity contribution in [3.05, 3.63) is 18.2 Å². The van der Waals surface area contributed by atoms with Crippen LogP contribution in [-0.4, -0.2) is 43.6 Å². The summed E-state index contributed by atoms with van der Waals surface area (Å²) >= 11 is 4.32. The number of hydrogen-bond acceptors (Lipinski definition) is 4. The molecule has 0 bridgehead atoms. The molecule has 2 rings (SSSR count). The van der Waals surface area contributed by atoms with Crippen LogP contribution in [0.15, 0.2) is 12.4 Å². The van der Waals surface area contributed by atoms with Crippen molar-refractivity contribution in [2.75, 3.05) is 12.3 Å². The molecule has 1 aromatic rings. The molecule has 4 atom stereocenters. The summed E-state index contributed by atoms with van der Waals surface area (Å²) in [5.74, 6) is 2.48. The van der Waals surface area contributed by atoms with E-state index in [0.29, 0.717) is 6.04 Å². The second-order valence-corrected chi connectivity index (χ2v) is 9.00. The number of imidazole rings is 1. The number of aryl methyl sites for hydroxylation is 2. The molecule has 0 aliphatic carbocycles. The molecule has 0 spiro atoms. The zero-order chi connectivity index (χ0) is 15.2. The van der Waals surface area contributed by atoms with Gasteiger partial charge in [0.2, 0.25) is 0 Å². The van der Waals surface area contributed by atoms with Crippen LogP contribution in [0.2, 0.25) is 0 Å². The second kappa shape index (κ2) is 8.49. The Balaban J connectivity index is 1.92. The largest absolute Gasteiger partial charge is 0.338 e. The maximum absolute atomic E-state index is 4.46. The first-order chi connectivity index (χ1) is 10.1. The third kappa shape index (κ3) is 4.93. The van der Waals surface area contributed by atoms with Crippen molar-refractivity contribution in [1.82, 2.24) is 14.9 Å². The van der Waals surface area contributed by atoms with Crippen molar-refractivity contribution < 1.29 is 0 Å². The van der Waals surface area contributed by atoms with E-state index in [-0.39, 0.29) is 0 Å². The van der Waals surface area contributed by atoms with Gasteiger partial charge < -0.3 is 9.88 Å². The van der Waals surface area contributed by atoms with E-state index in [4.69, 9.17) is 0 Å². The molecule has 1 aliphatic rings. The Hall–Kier alpha value is -0.130. The molecular weight excluding hydrogens is 298 g/mol. The third-order valence-electron chi connectivity index (χ3n) is 4.28. The maximum atomic E-state index is 4.46. The molecule has 0 saturated carbocycles. The summed E-state index contributed by atoms with van der Waals surface area (Å²) in [5.41, 5.74) is 0. The van der Waals surface area contributed by atoms with Crippen LogP contribution in [0, 0.1) is 0 Å². The van der Waals surface area contributed by atoms with Crippen molar-refractivity contribution in [3.63, 3.8) is 0 Å². The number of nitrogens with one attached hydrogen (secondary N) is 1. The first-order valence-corrected chi connectivity index (χ1v) is 10.1. The molecule has 2 heterocycles. The summed E-state index contributed by atoms with van der Waals surface area (Å²) in [5, 5.41) is 6.06. The first-order valence-electron chi connectivity index (χ1n) is 8.08. The van der Waals surface area contributed by atoms with Gasteiger partial charge in [-0.3, -0.25) is 0 Å². The Bertz CT molecular complexity index is 421. The van der Waals surface area contributed by atoms with Crippen LogP contribution in [0.3, 0.4) is 0 Å². The normalized spacial score (nSPS) is 27.7. The molecule has 1 N–H and O–H groups in total. The lowest BCUT2D eigenvalue weighted by Gasteiger charge is -2.36. The van der Waals surface area contributed by atoms with Gasteiger partial charge in [-0.25, -0.2) is 4.98 Å². The number of thioether (sulfide) groups is 2. The predicted molar refractivity (Wildman–Crippen MR) is 96.4 cm³/mol. The monoisotopic (exact) mass is 327 g/mol. The highest BCUT2D eigenvalue weighted by Crippen LogP contribution is 2.37. The summed E-state index contributed by atoms with van der Waals surface area (Å²) in [7, 11) is 2.09. The molecular formula is C16H29N3S2. The van der Waals surface area contributed by atoms with Crippen LogP contribution >= 0.6 is 23.5 Å². The van der Waals surface area contributed by atoms with Gasteiger partial charge in [-0.15, -0.1) is 0 Å². The quantitative estimate of drug-likeness (QED) is 0.832. The minimum Gasteiger partial charge on any atom is -0.338 e. The lowest BCUT2D eigenvalue weighted by atomic mass is 10.1.